The average molecular weight is 292 g/mol. The van der Waals surface area contributed by atoms with E-state index in [1.807, 2.05) is 6.92 Å². The van der Waals surface area contributed by atoms with Crippen LogP contribution in [0.2, 0.25) is 0 Å². The largest absolute Gasteiger partial charge is 0.494 e. The fraction of sp³-hybridized carbons (Fsp3) is 0.188. The Bertz CT molecular complexity index is 628. The highest BCUT2D eigenvalue weighted by Crippen LogP contribution is 2.21. The third kappa shape index (κ3) is 3.56. The van der Waals surface area contributed by atoms with Gasteiger partial charge in [0, 0.05) is 17.7 Å². The minimum atomic E-state index is -0.760. The van der Waals surface area contributed by atoms with E-state index in [0.29, 0.717) is 12.4 Å². The number of carbonyl (C=O) groups is 1. The summed E-state index contributed by atoms with van der Waals surface area (Å²) in [7, 11) is 0. The SMILES string of the molecule is CCOc1ccc(C(=O)Oc2cc(F)c(C)c(F)c2)cc1. The van der Waals surface area contributed by atoms with Gasteiger partial charge in [-0.15, -0.1) is 0 Å². The first-order chi connectivity index (χ1) is 10.0. The van der Waals surface area contributed by atoms with E-state index in [0.717, 1.165) is 12.1 Å². The van der Waals surface area contributed by atoms with Gasteiger partial charge in [0.2, 0.25) is 0 Å². The lowest BCUT2D eigenvalue weighted by Crippen LogP contribution is -2.09. The Morgan fingerprint density at radius 2 is 1.62 bits per heavy atom. The number of benzene rings is 2. The van der Waals surface area contributed by atoms with Gasteiger partial charge >= 0.3 is 5.97 Å². The summed E-state index contributed by atoms with van der Waals surface area (Å²) < 4.78 is 37.0. The maximum Gasteiger partial charge on any atom is 0.343 e. The first-order valence-electron chi connectivity index (χ1n) is 6.42. The van der Waals surface area contributed by atoms with Crippen LogP contribution in [0.1, 0.15) is 22.8 Å². The van der Waals surface area contributed by atoms with E-state index in [1.54, 1.807) is 12.1 Å². The number of hydrogen-bond donors (Lipinski definition) is 0. The van der Waals surface area contributed by atoms with Gasteiger partial charge in [0.25, 0.3) is 0 Å². The van der Waals surface area contributed by atoms with E-state index >= 15 is 0 Å². The molecule has 0 radical (unpaired) electrons. The van der Waals surface area contributed by atoms with Gasteiger partial charge in [0.15, 0.2) is 0 Å². The standard InChI is InChI=1S/C16H14F2O3/c1-3-20-12-6-4-11(5-7-12)16(19)21-13-8-14(17)10(2)15(18)9-13/h4-9H,3H2,1-2H3. The summed E-state index contributed by atoms with van der Waals surface area (Å²) in [6, 6.07) is 8.24. The molecular weight excluding hydrogens is 278 g/mol. The molecule has 0 spiro atoms. The molecule has 0 fully saturated rings. The van der Waals surface area contributed by atoms with Crippen molar-refractivity contribution in [2.45, 2.75) is 13.8 Å². The third-order valence-electron chi connectivity index (χ3n) is 2.87. The Balaban J connectivity index is 2.14. The van der Waals surface area contributed by atoms with Crippen molar-refractivity contribution in [1.29, 1.82) is 0 Å². The molecule has 2 aromatic carbocycles. The summed E-state index contributed by atoms with van der Waals surface area (Å²) in [5.74, 6) is -1.76. The average Bonchev–Trinajstić information content (AvgIpc) is 2.45. The molecule has 110 valence electrons. The molecule has 2 aromatic rings. The lowest BCUT2D eigenvalue weighted by Gasteiger charge is -2.07. The fourth-order valence-corrected chi connectivity index (χ4v) is 1.70. The van der Waals surface area contributed by atoms with Crippen LogP contribution >= 0.6 is 0 Å². The summed E-state index contributed by atoms with van der Waals surface area (Å²) in [4.78, 5) is 11.9. The predicted molar refractivity (Wildman–Crippen MR) is 73.7 cm³/mol. The highest BCUT2D eigenvalue weighted by molar-refractivity contribution is 5.91. The summed E-state index contributed by atoms with van der Waals surface area (Å²) in [5.41, 5.74) is 0.149. The second-order valence-electron chi connectivity index (χ2n) is 4.36. The Kier molecular flexibility index (Phi) is 4.52. The zero-order valence-corrected chi connectivity index (χ0v) is 11.7. The number of esters is 1. The van der Waals surface area contributed by atoms with Gasteiger partial charge in [-0.3, -0.25) is 0 Å². The van der Waals surface area contributed by atoms with Gasteiger partial charge in [-0.25, -0.2) is 13.6 Å². The second kappa shape index (κ2) is 6.35. The molecule has 0 aliphatic heterocycles. The number of halogens is 2. The Morgan fingerprint density at radius 3 is 2.14 bits per heavy atom. The number of ether oxygens (including phenoxy) is 2. The fourth-order valence-electron chi connectivity index (χ4n) is 1.70. The van der Waals surface area contributed by atoms with Crippen molar-refractivity contribution < 1.29 is 23.0 Å². The van der Waals surface area contributed by atoms with E-state index in [2.05, 4.69) is 0 Å². The van der Waals surface area contributed by atoms with Gasteiger partial charge in [0.05, 0.1) is 12.2 Å². The molecule has 2 rings (SSSR count). The van der Waals surface area contributed by atoms with Crippen LogP contribution in [-0.4, -0.2) is 12.6 Å². The topological polar surface area (TPSA) is 35.5 Å². The molecule has 0 saturated carbocycles. The lowest BCUT2D eigenvalue weighted by atomic mass is 10.2. The molecule has 0 atom stereocenters. The summed E-state index contributed by atoms with van der Waals surface area (Å²) in [6.07, 6.45) is 0. The van der Waals surface area contributed by atoms with Gasteiger partial charge < -0.3 is 9.47 Å². The minimum absolute atomic E-state index is 0.115. The summed E-state index contributed by atoms with van der Waals surface area (Å²) in [5, 5.41) is 0. The Morgan fingerprint density at radius 1 is 1.05 bits per heavy atom. The van der Waals surface area contributed by atoms with Crippen molar-refractivity contribution >= 4 is 5.97 Å². The Labute approximate surface area is 121 Å². The summed E-state index contributed by atoms with van der Waals surface area (Å²) >= 11 is 0. The van der Waals surface area contributed by atoms with Crippen LogP contribution in [0, 0.1) is 18.6 Å². The number of hydrogen-bond acceptors (Lipinski definition) is 3. The lowest BCUT2D eigenvalue weighted by molar-refractivity contribution is 0.0734. The molecule has 5 heteroatoms. The van der Waals surface area contributed by atoms with Crippen molar-refractivity contribution in [2.75, 3.05) is 6.61 Å². The molecular formula is C16H14F2O3. The zero-order chi connectivity index (χ0) is 15.4. The van der Waals surface area contributed by atoms with E-state index in [1.165, 1.54) is 19.1 Å². The van der Waals surface area contributed by atoms with Crippen LogP contribution in [0.25, 0.3) is 0 Å². The number of carbonyl (C=O) groups excluding carboxylic acids is 1. The van der Waals surface area contributed by atoms with Crippen LogP contribution in [0.15, 0.2) is 36.4 Å². The maximum absolute atomic E-state index is 13.4. The van der Waals surface area contributed by atoms with E-state index in [9.17, 15) is 13.6 Å². The first-order valence-corrected chi connectivity index (χ1v) is 6.42. The van der Waals surface area contributed by atoms with Crippen LogP contribution in [0.5, 0.6) is 11.5 Å². The van der Waals surface area contributed by atoms with Gasteiger partial charge in [-0.05, 0) is 38.1 Å². The molecule has 0 aromatic heterocycles. The normalized spacial score (nSPS) is 10.3. The minimum Gasteiger partial charge on any atom is -0.494 e. The van der Waals surface area contributed by atoms with Crippen LogP contribution in [0.4, 0.5) is 8.78 Å². The van der Waals surface area contributed by atoms with Crippen LogP contribution < -0.4 is 9.47 Å². The van der Waals surface area contributed by atoms with Crippen LogP contribution in [-0.2, 0) is 0 Å². The smallest absolute Gasteiger partial charge is 0.343 e. The molecule has 21 heavy (non-hydrogen) atoms. The number of rotatable bonds is 4. The van der Waals surface area contributed by atoms with Crippen molar-refractivity contribution in [2.24, 2.45) is 0 Å². The van der Waals surface area contributed by atoms with Gasteiger partial charge in [0.1, 0.15) is 23.1 Å². The maximum atomic E-state index is 13.4. The van der Waals surface area contributed by atoms with E-state index in [-0.39, 0.29) is 16.9 Å². The highest BCUT2D eigenvalue weighted by Gasteiger charge is 2.12. The molecule has 0 unspecified atom stereocenters. The molecule has 0 saturated heterocycles. The van der Waals surface area contributed by atoms with Crippen molar-refractivity contribution in [3.63, 3.8) is 0 Å². The van der Waals surface area contributed by atoms with Crippen LogP contribution in [0.3, 0.4) is 0 Å². The predicted octanol–water partition coefficient (Wildman–Crippen LogP) is 3.89. The summed E-state index contributed by atoms with van der Waals surface area (Å²) in [6.45, 7) is 3.68. The van der Waals surface area contributed by atoms with Gasteiger partial charge in [-0.1, -0.05) is 0 Å². The molecule has 0 bridgehead atoms. The van der Waals surface area contributed by atoms with Crippen molar-refractivity contribution in [1.82, 2.24) is 0 Å². The molecule has 3 nitrogen and oxygen atoms in total. The molecule has 0 heterocycles. The quantitative estimate of drug-likeness (QED) is 0.633. The third-order valence-corrected chi connectivity index (χ3v) is 2.87. The molecule has 0 aliphatic rings. The van der Waals surface area contributed by atoms with E-state index < -0.39 is 17.6 Å². The second-order valence-corrected chi connectivity index (χ2v) is 4.36. The van der Waals surface area contributed by atoms with Crippen molar-refractivity contribution in [3.05, 3.63) is 59.2 Å². The zero-order valence-electron chi connectivity index (χ0n) is 11.7. The first kappa shape index (κ1) is 15.0. The monoisotopic (exact) mass is 292 g/mol. The molecule has 0 amide bonds. The molecule has 0 N–H and O–H groups in total. The van der Waals surface area contributed by atoms with Crippen molar-refractivity contribution in [3.8, 4) is 11.5 Å². The highest BCUT2D eigenvalue weighted by atomic mass is 19.1. The molecule has 0 aliphatic carbocycles. The van der Waals surface area contributed by atoms with Gasteiger partial charge in [-0.2, -0.15) is 0 Å². The Hall–Kier alpha value is -2.43. The van der Waals surface area contributed by atoms with E-state index in [4.69, 9.17) is 9.47 Å².